The largest absolute Gasteiger partial charge is 0.338 e. The van der Waals surface area contributed by atoms with Crippen LogP contribution in [0.15, 0.2) is 15.9 Å². The van der Waals surface area contributed by atoms with Crippen LogP contribution >= 0.6 is 27.3 Å². The third-order valence-corrected chi connectivity index (χ3v) is 4.53. The third-order valence-electron chi connectivity index (χ3n) is 2.90. The molecule has 1 aliphatic rings. The van der Waals surface area contributed by atoms with Gasteiger partial charge in [0.05, 0.1) is 8.66 Å². The first kappa shape index (κ1) is 12.1. The van der Waals surface area contributed by atoms with Gasteiger partial charge in [0, 0.05) is 19.6 Å². The molecule has 0 bridgehead atoms. The summed E-state index contributed by atoms with van der Waals surface area (Å²) in [4.78, 5) is 7.91. The van der Waals surface area contributed by atoms with Gasteiger partial charge in [-0.2, -0.15) is 4.98 Å². The zero-order valence-electron chi connectivity index (χ0n) is 9.82. The van der Waals surface area contributed by atoms with Crippen molar-refractivity contribution < 1.29 is 0 Å². The van der Waals surface area contributed by atoms with Crippen LogP contribution in [0.1, 0.15) is 6.42 Å². The summed E-state index contributed by atoms with van der Waals surface area (Å²) in [6, 6.07) is 4.07. The molecule has 5 nitrogen and oxygen atoms in total. The van der Waals surface area contributed by atoms with Crippen LogP contribution in [0.4, 0.5) is 5.95 Å². The van der Waals surface area contributed by atoms with Gasteiger partial charge in [-0.1, -0.05) is 0 Å². The van der Waals surface area contributed by atoms with E-state index >= 15 is 0 Å². The van der Waals surface area contributed by atoms with Crippen LogP contribution in [0.25, 0.3) is 10.7 Å². The minimum absolute atomic E-state index is 0.804. The second-order valence-corrected chi connectivity index (χ2v) is 6.64. The predicted octanol–water partition coefficient (Wildman–Crippen LogP) is 2.10. The highest BCUT2D eigenvalue weighted by molar-refractivity contribution is 9.11. The topological polar surface area (TPSA) is 56.8 Å². The summed E-state index contributed by atoms with van der Waals surface area (Å²) < 4.78 is 1.11. The Balaban J connectivity index is 1.80. The summed E-state index contributed by atoms with van der Waals surface area (Å²) in [5, 5.41) is 10.7. The number of H-pyrrole nitrogens is 1. The maximum absolute atomic E-state index is 4.58. The first-order chi connectivity index (χ1) is 8.83. The normalized spacial score (nSPS) is 16.8. The molecule has 3 heterocycles. The van der Waals surface area contributed by atoms with E-state index in [1.807, 2.05) is 12.1 Å². The molecule has 0 unspecified atom stereocenters. The molecule has 1 aliphatic heterocycles. The first-order valence-electron chi connectivity index (χ1n) is 5.97. The van der Waals surface area contributed by atoms with Gasteiger partial charge < -0.3 is 10.2 Å². The molecule has 0 saturated carbocycles. The molecular weight excluding hydrogens is 314 g/mol. The molecule has 2 N–H and O–H groups in total. The summed E-state index contributed by atoms with van der Waals surface area (Å²) in [6.45, 7) is 4.05. The lowest BCUT2D eigenvalue weighted by Gasteiger charge is -2.16. The van der Waals surface area contributed by atoms with E-state index in [9.17, 15) is 0 Å². The Hall–Kier alpha value is -0.920. The zero-order valence-corrected chi connectivity index (χ0v) is 12.2. The van der Waals surface area contributed by atoms with Gasteiger partial charge in [-0.05, 0) is 41.0 Å². The highest BCUT2D eigenvalue weighted by Crippen LogP contribution is 2.29. The van der Waals surface area contributed by atoms with Crippen LogP contribution in [0.2, 0.25) is 0 Å². The number of nitrogens with zero attached hydrogens (tertiary/aromatic N) is 3. The number of halogens is 1. The van der Waals surface area contributed by atoms with Crippen LogP contribution in [0.3, 0.4) is 0 Å². The van der Waals surface area contributed by atoms with E-state index in [1.165, 1.54) is 0 Å². The van der Waals surface area contributed by atoms with Gasteiger partial charge in [-0.25, -0.2) is 0 Å². The van der Waals surface area contributed by atoms with Crippen molar-refractivity contribution in [1.29, 1.82) is 0 Å². The molecule has 0 amide bonds. The molecule has 0 aliphatic carbocycles. The molecule has 0 spiro atoms. The molecule has 2 aromatic rings. The monoisotopic (exact) mass is 327 g/mol. The highest BCUT2D eigenvalue weighted by Gasteiger charge is 2.15. The van der Waals surface area contributed by atoms with Crippen molar-refractivity contribution in [3.8, 4) is 10.7 Å². The van der Waals surface area contributed by atoms with Crippen molar-refractivity contribution in [3.05, 3.63) is 15.9 Å². The lowest BCUT2D eigenvalue weighted by atomic mass is 10.4. The number of aromatic nitrogens is 3. The van der Waals surface area contributed by atoms with E-state index in [2.05, 4.69) is 41.3 Å². The molecule has 1 fully saturated rings. The Morgan fingerprint density at radius 3 is 3.06 bits per heavy atom. The molecule has 96 valence electrons. The number of anilines is 1. The molecule has 0 radical (unpaired) electrons. The molecule has 18 heavy (non-hydrogen) atoms. The van der Waals surface area contributed by atoms with Gasteiger partial charge >= 0.3 is 0 Å². The lowest BCUT2D eigenvalue weighted by Crippen LogP contribution is -2.28. The van der Waals surface area contributed by atoms with E-state index in [0.29, 0.717) is 0 Å². The van der Waals surface area contributed by atoms with Gasteiger partial charge in [0.2, 0.25) is 5.95 Å². The van der Waals surface area contributed by atoms with Crippen LogP contribution in [-0.4, -0.2) is 41.4 Å². The van der Waals surface area contributed by atoms with Crippen molar-refractivity contribution in [2.75, 3.05) is 31.1 Å². The van der Waals surface area contributed by atoms with E-state index in [0.717, 1.165) is 53.0 Å². The van der Waals surface area contributed by atoms with Crippen molar-refractivity contribution in [1.82, 2.24) is 20.5 Å². The van der Waals surface area contributed by atoms with Crippen molar-refractivity contribution in [3.63, 3.8) is 0 Å². The number of thiophene rings is 1. The maximum Gasteiger partial charge on any atom is 0.245 e. The van der Waals surface area contributed by atoms with Gasteiger partial charge in [-0.3, -0.25) is 5.10 Å². The Morgan fingerprint density at radius 1 is 1.28 bits per heavy atom. The second-order valence-electron chi connectivity index (χ2n) is 4.18. The standard InChI is InChI=1S/C11H14BrN5S/c12-9-3-2-8(18-9)10-14-11(16-15-10)17-6-1-4-13-5-7-17/h2-3,13H,1,4-7H2,(H,14,15,16). The number of hydrogen-bond donors (Lipinski definition) is 2. The fourth-order valence-electron chi connectivity index (χ4n) is 1.99. The smallest absolute Gasteiger partial charge is 0.245 e. The van der Waals surface area contributed by atoms with Crippen LogP contribution in [0, 0.1) is 0 Å². The summed E-state index contributed by atoms with van der Waals surface area (Å²) in [6.07, 6.45) is 1.13. The molecule has 0 atom stereocenters. The van der Waals surface area contributed by atoms with E-state index in [1.54, 1.807) is 11.3 Å². The maximum atomic E-state index is 4.58. The average molecular weight is 328 g/mol. The summed E-state index contributed by atoms with van der Waals surface area (Å²) in [7, 11) is 0. The molecule has 7 heteroatoms. The number of rotatable bonds is 2. The lowest BCUT2D eigenvalue weighted by molar-refractivity contribution is 0.724. The Kier molecular flexibility index (Phi) is 3.62. The Bertz CT molecular complexity index is 515. The van der Waals surface area contributed by atoms with Crippen LogP contribution < -0.4 is 10.2 Å². The zero-order chi connectivity index (χ0) is 12.4. The van der Waals surface area contributed by atoms with Gasteiger partial charge in [0.25, 0.3) is 0 Å². The Labute approximate surface area is 118 Å². The van der Waals surface area contributed by atoms with Crippen molar-refractivity contribution in [2.45, 2.75) is 6.42 Å². The number of aromatic amines is 1. The van der Waals surface area contributed by atoms with Crippen LogP contribution in [0.5, 0.6) is 0 Å². The predicted molar refractivity (Wildman–Crippen MR) is 77.1 cm³/mol. The van der Waals surface area contributed by atoms with Crippen LogP contribution in [-0.2, 0) is 0 Å². The SMILES string of the molecule is Brc1ccc(-c2nc(N3CCCNCC3)n[nH]2)s1. The molecule has 0 aromatic carbocycles. The molecule has 2 aromatic heterocycles. The molecular formula is C11H14BrN5S. The molecule has 1 saturated heterocycles. The van der Waals surface area contributed by atoms with E-state index in [-0.39, 0.29) is 0 Å². The average Bonchev–Trinajstić information content (AvgIpc) is 2.92. The second kappa shape index (κ2) is 5.38. The third kappa shape index (κ3) is 2.57. The summed E-state index contributed by atoms with van der Waals surface area (Å²) in [5.41, 5.74) is 0. The quantitative estimate of drug-likeness (QED) is 0.886. The fourth-order valence-corrected chi connectivity index (χ4v) is 3.32. The summed E-state index contributed by atoms with van der Waals surface area (Å²) in [5.74, 6) is 1.65. The highest BCUT2D eigenvalue weighted by atomic mass is 79.9. The van der Waals surface area contributed by atoms with Gasteiger partial charge in [0.1, 0.15) is 0 Å². The first-order valence-corrected chi connectivity index (χ1v) is 7.58. The molecule has 3 rings (SSSR count). The van der Waals surface area contributed by atoms with E-state index in [4.69, 9.17) is 0 Å². The number of nitrogens with one attached hydrogen (secondary N) is 2. The van der Waals surface area contributed by atoms with Gasteiger partial charge in [-0.15, -0.1) is 16.4 Å². The minimum Gasteiger partial charge on any atom is -0.338 e. The number of hydrogen-bond acceptors (Lipinski definition) is 5. The fraction of sp³-hybridized carbons (Fsp3) is 0.455. The van der Waals surface area contributed by atoms with E-state index < -0.39 is 0 Å². The minimum atomic E-state index is 0.804. The van der Waals surface area contributed by atoms with Gasteiger partial charge in [0.15, 0.2) is 5.82 Å². The van der Waals surface area contributed by atoms with Crippen molar-refractivity contribution in [2.24, 2.45) is 0 Å². The van der Waals surface area contributed by atoms with Crippen molar-refractivity contribution >= 4 is 33.2 Å². The summed E-state index contributed by atoms with van der Waals surface area (Å²) >= 11 is 5.12. The Morgan fingerprint density at radius 2 is 2.22 bits per heavy atom.